The maximum absolute atomic E-state index is 11.3. The van der Waals surface area contributed by atoms with Gasteiger partial charge in [0.25, 0.3) is 5.56 Å². The number of nitro groups is 1. The number of rotatable bonds is 5. The monoisotopic (exact) mass is 339 g/mol. The van der Waals surface area contributed by atoms with Gasteiger partial charge < -0.3 is 9.84 Å². The van der Waals surface area contributed by atoms with Crippen LogP contribution in [-0.2, 0) is 0 Å². The van der Waals surface area contributed by atoms with Gasteiger partial charge in [0.2, 0.25) is 5.75 Å². The Kier molecular flexibility index (Phi) is 4.76. The Morgan fingerprint density at radius 1 is 1.57 bits per heavy atom. The third kappa shape index (κ3) is 3.55. The molecule has 0 atom stereocenters. The van der Waals surface area contributed by atoms with Gasteiger partial charge in [-0.05, 0) is 6.07 Å². The number of H-pyrrole nitrogens is 1. The van der Waals surface area contributed by atoms with Crippen molar-refractivity contribution in [1.29, 1.82) is 0 Å². The molecule has 0 aliphatic heterocycles. The van der Waals surface area contributed by atoms with Crippen molar-refractivity contribution < 1.29 is 14.8 Å². The second kappa shape index (κ2) is 6.75. The molecule has 0 saturated heterocycles. The van der Waals surface area contributed by atoms with Gasteiger partial charge in [-0.25, -0.2) is 5.10 Å². The van der Waals surface area contributed by atoms with E-state index >= 15 is 0 Å². The Morgan fingerprint density at radius 3 is 2.96 bits per heavy atom. The second-order valence-electron chi connectivity index (χ2n) is 4.14. The second-order valence-corrected chi connectivity index (χ2v) is 4.52. The molecule has 0 aliphatic rings. The molecule has 23 heavy (non-hydrogen) atoms. The SMILES string of the molecule is COc1cc(/C=N/Nc2cn[nH]c(=O)c2Cl)cc([N+](=O)[O-])c1O. The number of methoxy groups -OCH3 is 1. The summed E-state index contributed by atoms with van der Waals surface area (Å²) >= 11 is 5.75. The van der Waals surface area contributed by atoms with E-state index in [1.807, 2.05) is 0 Å². The number of phenolic OH excluding ortho intramolecular Hbond substituents is 1. The van der Waals surface area contributed by atoms with Crippen LogP contribution < -0.4 is 15.7 Å². The zero-order chi connectivity index (χ0) is 17.0. The fourth-order valence-electron chi connectivity index (χ4n) is 1.62. The zero-order valence-electron chi connectivity index (χ0n) is 11.6. The van der Waals surface area contributed by atoms with Gasteiger partial charge in [0.15, 0.2) is 5.75 Å². The van der Waals surface area contributed by atoms with E-state index in [2.05, 4.69) is 20.7 Å². The average Bonchev–Trinajstić information content (AvgIpc) is 2.52. The van der Waals surface area contributed by atoms with Crippen molar-refractivity contribution in [3.63, 3.8) is 0 Å². The van der Waals surface area contributed by atoms with Crippen molar-refractivity contribution in [2.24, 2.45) is 5.10 Å². The molecule has 0 amide bonds. The molecule has 3 N–H and O–H groups in total. The van der Waals surface area contributed by atoms with E-state index in [0.717, 1.165) is 6.07 Å². The number of phenols is 1. The molecule has 0 radical (unpaired) electrons. The molecule has 2 aromatic rings. The highest BCUT2D eigenvalue weighted by atomic mass is 35.5. The van der Waals surface area contributed by atoms with Gasteiger partial charge in [-0.2, -0.15) is 10.2 Å². The highest BCUT2D eigenvalue weighted by Gasteiger charge is 2.19. The fourth-order valence-corrected chi connectivity index (χ4v) is 1.75. The lowest BCUT2D eigenvalue weighted by atomic mass is 10.2. The Hall–Kier alpha value is -3.14. The van der Waals surface area contributed by atoms with Crippen LogP contribution in [0.2, 0.25) is 5.02 Å². The summed E-state index contributed by atoms with van der Waals surface area (Å²) in [5.74, 6) is -0.652. The summed E-state index contributed by atoms with van der Waals surface area (Å²) in [7, 11) is 1.26. The maximum atomic E-state index is 11.3. The number of nitrogens with zero attached hydrogens (tertiary/aromatic N) is 3. The number of hydrogen-bond donors (Lipinski definition) is 3. The van der Waals surface area contributed by atoms with Crippen LogP contribution in [0.4, 0.5) is 11.4 Å². The number of aromatic nitrogens is 2. The van der Waals surface area contributed by atoms with E-state index in [4.69, 9.17) is 16.3 Å². The first kappa shape index (κ1) is 16.2. The van der Waals surface area contributed by atoms with Gasteiger partial charge in [-0.15, -0.1) is 0 Å². The molecule has 0 aliphatic carbocycles. The van der Waals surface area contributed by atoms with Crippen molar-refractivity contribution in [2.75, 3.05) is 12.5 Å². The number of halogens is 1. The minimum absolute atomic E-state index is 0.0727. The Bertz CT molecular complexity index is 835. The predicted molar refractivity (Wildman–Crippen MR) is 82.4 cm³/mol. The van der Waals surface area contributed by atoms with E-state index in [1.54, 1.807) is 0 Å². The lowest BCUT2D eigenvalue weighted by Gasteiger charge is -2.05. The third-order valence-corrected chi connectivity index (χ3v) is 3.06. The summed E-state index contributed by atoms with van der Waals surface area (Å²) in [6.07, 6.45) is 2.48. The van der Waals surface area contributed by atoms with Gasteiger partial charge in [0.1, 0.15) is 10.7 Å². The van der Waals surface area contributed by atoms with E-state index < -0.39 is 21.9 Å². The Balaban J connectivity index is 2.29. The molecule has 0 spiro atoms. The van der Waals surface area contributed by atoms with Crippen LogP contribution in [0.15, 0.2) is 28.2 Å². The van der Waals surface area contributed by atoms with Crippen LogP contribution >= 0.6 is 11.6 Å². The minimum atomic E-state index is -0.750. The largest absolute Gasteiger partial charge is 0.500 e. The van der Waals surface area contributed by atoms with Crippen molar-refractivity contribution >= 4 is 29.2 Å². The molecule has 1 aromatic carbocycles. The van der Waals surface area contributed by atoms with Gasteiger partial charge in [-0.3, -0.25) is 20.3 Å². The first-order chi connectivity index (χ1) is 10.9. The highest BCUT2D eigenvalue weighted by molar-refractivity contribution is 6.32. The first-order valence-electron chi connectivity index (χ1n) is 6.01. The van der Waals surface area contributed by atoms with E-state index in [-0.39, 0.29) is 22.0 Å². The quantitative estimate of drug-likeness (QED) is 0.425. The summed E-state index contributed by atoms with van der Waals surface area (Å²) in [6.45, 7) is 0. The number of ether oxygens (including phenoxy) is 1. The Morgan fingerprint density at radius 2 is 2.30 bits per heavy atom. The minimum Gasteiger partial charge on any atom is -0.500 e. The van der Waals surface area contributed by atoms with Crippen LogP contribution in [0.1, 0.15) is 5.56 Å². The van der Waals surface area contributed by atoms with E-state index in [0.29, 0.717) is 0 Å². The summed E-state index contributed by atoms with van der Waals surface area (Å²) in [5, 5.41) is 29.9. The normalized spacial score (nSPS) is 10.7. The van der Waals surface area contributed by atoms with Gasteiger partial charge >= 0.3 is 5.69 Å². The molecule has 2 rings (SSSR count). The fraction of sp³-hybridized carbons (Fsp3) is 0.0833. The van der Waals surface area contributed by atoms with Gasteiger partial charge in [0, 0.05) is 11.6 Å². The third-order valence-electron chi connectivity index (χ3n) is 2.69. The molecule has 0 fully saturated rings. The molecule has 0 bridgehead atoms. The predicted octanol–water partition coefficient (Wildman–Crippen LogP) is 1.49. The number of hydrazone groups is 1. The smallest absolute Gasteiger partial charge is 0.315 e. The number of anilines is 1. The van der Waals surface area contributed by atoms with Crippen molar-refractivity contribution in [3.05, 3.63) is 49.4 Å². The Labute approximate surface area is 133 Å². The van der Waals surface area contributed by atoms with Crippen LogP contribution in [0, 0.1) is 10.1 Å². The number of aromatic amines is 1. The molecule has 0 saturated carbocycles. The topological polar surface area (TPSA) is 143 Å². The molecule has 120 valence electrons. The summed E-state index contributed by atoms with van der Waals surface area (Å²) in [4.78, 5) is 21.4. The molecular weight excluding hydrogens is 330 g/mol. The highest BCUT2D eigenvalue weighted by Crippen LogP contribution is 2.36. The molecule has 0 unspecified atom stereocenters. The number of hydrogen-bond acceptors (Lipinski definition) is 8. The van der Waals surface area contributed by atoms with Crippen molar-refractivity contribution in [3.8, 4) is 11.5 Å². The lowest BCUT2D eigenvalue weighted by molar-refractivity contribution is -0.386. The van der Waals surface area contributed by atoms with Crippen molar-refractivity contribution in [2.45, 2.75) is 0 Å². The lowest BCUT2D eigenvalue weighted by Crippen LogP contribution is -2.10. The maximum Gasteiger partial charge on any atom is 0.315 e. The number of nitro benzene ring substituents is 1. The molecule has 10 nitrogen and oxygen atoms in total. The van der Waals surface area contributed by atoms with Crippen LogP contribution in [-0.4, -0.2) is 33.6 Å². The van der Waals surface area contributed by atoms with E-state index in [1.165, 1.54) is 25.6 Å². The van der Waals surface area contributed by atoms with Gasteiger partial charge in [0.05, 0.1) is 24.4 Å². The molecule has 1 heterocycles. The molecule has 1 aromatic heterocycles. The van der Waals surface area contributed by atoms with E-state index in [9.17, 15) is 20.0 Å². The number of nitrogens with one attached hydrogen (secondary N) is 2. The van der Waals surface area contributed by atoms with Crippen LogP contribution in [0.3, 0.4) is 0 Å². The van der Waals surface area contributed by atoms with Gasteiger partial charge in [-0.1, -0.05) is 11.6 Å². The number of benzene rings is 1. The zero-order valence-corrected chi connectivity index (χ0v) is 12.4. The van der Waals surface area contributed by atoms with Crippen LogP contribution in [0.5, 0.6) is 11.5 Å². The average molecular weight is 340 g/mol. The molecule has 11 heteroatoms. The summed E-state index contributed by atoms with van der Waals surface area (Å²) < 4.78 is 4.86. The standard InChI is InChI=1S/C12H10ClN5O5/c1-23-9-3-6(2-8(11(9)19)18(21)22)4-14-16-7-5-15-17-12(20)10(7)13/h2-5,19H,1H3,(H2,16,17,20)/b14-4+. The number of aromatic hydroxyl groups is 1. The summed E-state index contributed by atoms with van der Waals surface area (Å²) in [5.41, 5.74) is 1.81. The summed E-state index contributed by atoms with van der Waals surface area (Å²) in [6, 6.07) is 2.46. The first-order valence-corrected chi connectivity index (χ1v) is 6.39. The molecular formula is C12H10ClN5O5. The van der Waals surface area contributed by atoms with Crippen LogP contribution in [0.25, 0.3) is 0 Å². The van der Waals surface area contributed by atoms with Crippen molar-refractivity contribution in [1.82, 2.24) is 10.2 Å².